The van der Waals surface area contributed by atoms with E-state index in [2.05, 4.69) is 15.8 Å². The minimum atomic E-state index is -0.384. The molecule has 27 heavy (non-hydrogen) atoms. The molecule has 0 fully saturated rings. The Labute approximate surface area is 162 Å². The van der Waals surface area contributed by atoms with Crippen LogP contribution in [0, 0.1) is 0 Å². The van der Waals surface area contributed by atoms with Gasteiger partial charge >= 0.3 is 0 Å². The van der Waals surface area contributed by atoms with Gasteiger partial charge in [-0.25, -0.2) is 5.43 Å². The summed E-state index contributed by atoms with van der Waals surface area (Å²) >= 11 is 6.17. The van der Waals surface area contributed by atoms with Crippen molar-refractivity contribution in [2.75, 3.05) is 19.0 Å². The van der Waals surface area contributed by atoms with Gasteiger partial charge in [-0.3, -0.25) is 9.59 Å². The summed E-state index contributed by atoms with van der Waals surface area (Å²) < 4.78 is 10.7. The van der Waals surface area contributed by atoms with Gasteiger partial charge in [-0.1, -0.05) is 11.6 Å². The lowest BCUT2D eigenvalue weighted by Gasteiger charge is -2.11. The molecule has 0 saturated carbocycles. The number of rotatable bonds is 7. The van der Waals surface area contributed by atoms with E-state index in [-0.39, 0.29) is 11.8 Å². The molecule has 8 heteroatoms. The van der Waals surface area contributed by atoms with Gasteiger partial charge < -0.3 is 14.8 Å². The average Bonchev–Trinajstić information content (AvgIpc) is 2.62. The molecule has 0 radical (unpaired) electrons. The Morgan fingerprint density at radius 1 is 1.22 bits per heavy atom. The summed E-state index contributed by atoms with van der Waals surface area (Å²) in [6, 6.07) is 9.82. The predicted octanol–water partition coefficient (Wildman–Crippen LogP) is 3.47. The van der Waals surface area contributed by atoms with Crippen molar-refractivity contribution < 1.29 is 19.1 Å². The summed E-state index contributed by atoms with van der Waals surface area (Å²) in [5.74, 6) is 0.374. The lowest BCUT2D eigenvalue weighted by molar-refractivity contribution is -0.114. The van der Waals surface area contributed by atoms with Crippen LogP contribution in [0.1, 0.15) is 29.8 Å². The van der Waals surface area contributed by atoms with Crippen LogP contribution in [-0.2, 0) is 4.79 Å². The van der Waals surface area contributed by atoms with E-state index in [1.54, 1.807) is 36.4 Å². The number of methoxy groups -OCH3 is 1. The zero-order chi connectivity index (χ0) is 19.8. The molecule has 0 aliphatic heterocycles. The first-order chi connectivity index (χ1) is 12.9. The molecule has 2 aromatic carbocycles. The lowest BCUT2D eigenvalue weighted by atomic mass is 10.2. The van der Waals surface area contributed by atoms with Gasteiger partial charge in [0, 0.05) is 18.2 Å². The lowest BCUT2D eigenvalue weighted by Crippen LogP contribution is -2.17. The van der Waals surface area contributed by atoms with Crippen molar-refractivity contribution in [3.05, 3.63) is 52.5 Å². The maximum Gasteiger partial charge on any atom is 0.271 e. The summed E-state index contributed by atoms with van der Waals surface area (Å²) in [6.45, 7) is 3.72. The number of halogens is 1. The highest BCUT2D eigenvalue weighted by Gasteiger charge is 2.11. The Morgan fingerprint density at radius 2 is 1.93 bits per heavy atom. The Bertz CT molecular complexity index is 851. The van der Waals surface area contributed by atoms with E-state index in [0.717, 1.165) is 0 Å². The van der Waals surface area contributed by atoms with E-state index in [1.165, 1.54) is 20.2 Å². The molecule has 2 N–H and O–H groups in total. The minimum Gasteiger partial charge on any atom is -0.491 e. The van der Waals surface area contributed by atoms with Gasteiger partial charge in [-0.15, -0.1) is 0 Å². The van der Waals surface area contributed by atoms with E-state index in [1.807, 2.05) is 6.92 Å². The molecule has 0 aliphatic carbocycles. The van der Waals surface area contributed by atoms with Gasteiger partial charge in [-0.2, -0.15) is 5.10 Å². The summed E-state index contributed by atoms with van der Waals surface area (Å²) in [5, 5.41) is 6.95. The van der Waals surface area contributed by atoms with Crippen LogP contribution in [-0.4, -0.2) is 31.7 Å². The van der Waals surface area contributed by atoms with Crippen LogP contribution in [0.4, 0.5) is 5.69 Å². The zero-order valence-electron chi connectivity index (χ0n) is 15.2. The van der Waals surface area contributed by atoms with Crippen LogP contribution in [0.15, 0.2) is 41.5 Å². The Kier molecular flexibility index (Phi) is 7.19. The quantitative estimate of drug-likeness (QED) is 0.560. The van der Waals surface area contributed by atoms with Gasteiger partial charge in [0.25, 0.3) is 5.91 Å². The number of hydrogen-bond donors (Lipinski definition) is 2. The van der Waals surface area contributed by atoms with Gasteiger partial charge in [0.2, 0.25) is 5.91 Å². The van der Waals surface area contributed by atoms with Crippen molar-refractivity contribution in [2.24, 2.45) is 5.10 Å². The van der Waals surface area contributed by atoms with Crippen molar-refractivity contribution in [1.82, 2.24) is 5.43 Å². The number of ether oxygens (including phenoxy) is 2. The number of nitrogens with one attached hydrogen (secondary N) is 2. The topological polar surface area (TPSA) is 89.0 Å². The maximum atomic E-state index is 12.1. The Balaban J connectivity index is 2.06. The van der Waals surface area contributed by atoms with Crippen LogP contribution in [0.25, 0.3) is 0 Å². The molecule has 0 unspecified atom stereocenters. The second-order valence-corrected chi connectivity index (χ2v) is 5.83. The normalized spacial score (nSPS) is 10.5. The van der Waals surface area contributed by atoms with Crippen molar-refractivity contribution >= 4 is 35.3 Å². The van der Waals surface area contributed by atoms with E-state index < -0.39 is 0 Å². The maximum absolute atomic E-state index is 12.1. The van der Waals surface area contributed by atoms with Crippen LogP contribution in [0.3, 0.4) is 0 Å². The first-order valence-corrected chi connectivity index (χ1v) is 8.53. The number of amides is 2. The Morgan fingerprint density at radius 3 is 2.52 bits per heavy atom. The molecular formula is C19H20ClN3O4. The molecule has 2 aromatic rings. The molecule has 0 bridgehead atoms. The number of hydrazone groups is 1. The van der Waals surface area contributed by atoms with E-state index >= 15 is 0 Å². The second kappa shape index (κ2) is 9.59. The fraction of sp³-hybridized carbons (Fsp3) is 0.211. The monoisotopic (exact) mass is 389 g/mol. The minimum absolute atomic E-state index is 0.179. The molecular weight excluding hydrogens is 370 g/mol. The first kappa shape index (κ1) is 20.3. The van der Waals surface area contributed by atoms with Crippen LogP contribution in [0.2, 0.25) is 5.02 Å². The largest absolute Gasteiger partial charge is 0.491 e. The molecule has 0 saturated heterocycles. The van der Waals surface area contributed by atoms with Gasteiger partial charge in [0.15, 0.2) is 11.5 Å². The highest BCUT2D eigenvalue weighted by molar-refractivity contribution is 6.32. The number of hydrogen-bond acceptors (Lipinski definition) is 5. The Hall–Kier alpha value is -3.06. The number of carbonyl (C=O) groups is 2. The van der Waals surface area contributed by atoms with Crippen LogP contribution in [0.5, 0.6) is 11.5 Å². The van der Waals surface area contributed by atoms with Crippen molar-refractivity contribution in [2.45, 2.75) is 13.8 Å². The van der Waals surface area contributed by atoms with Crippen molar-refractivity contribution in [1.29, 1.82) is 0 Å². The molecule has 2 amide bonds. The fourth-order valence-corrected chi connectivity index (χ4v) is 2.56. The standard InChI is InChI=1S/C19H20ClN3O4/c1-4-27-17-10-13(9-16(20)18(17)26-3)11-21-23-19(25)14-5-7-15(8-6-14)22-12(2)24/h5-11H,4H2,1-3H3,(H,22,24)(H,23,25)/b21-11-. The van der Waals surface area contributed by atoms with E-state index in [0.29, 0.717) is 39.9 Å². The smallest absolute Gasteiger partial charge is 0.271 e. The molecule has 7 nitrogen and oxygen atoms in total. The SMILES string of the molecule is CCOc1cc(/C=N\NC(=O)c2ccc(NC(C)=O)cc2)cc(Cl)c1OC. The van der Waals surface area contributed by atoms with E-state index in [4.69, 9.17) is 21.1 Å². The third-order valence-corrected chi connectivity index (χ3v) is 3.66. The first-order valence-electron chi connectivity index (χ1n) is 8.16. The third-order valence-electron chi connectivity index (χ3n) is 3.38. The second-order valence-electron chi connectivity index (χ2n) is 5.42. The highest BCUT2D eigenvalue weighted by atomic mass is 35.5. The summed E-state index contributed by atoms with van der Waals surface area (Å²) in [7, 11) is 1.51. The van der Waals surface area contributed by atoms with Crippen molar-refractivity contribution in [3.8, 4) is 11.5 Å². The van der Waals surface area contributed by atoms with Gasteiger partial charge in [0.1, 0.15) is 0 Å². The molecule has 0 heterocycles. The molecule has 142 valence electrons. The number of nitrogens with zero attached hydrogens (tertiary/aromatic N) is 1. The molecule has 0 aliphatic rings. The zero-order valence-corrected chi connectivity index (χ0v) is 16.0. The molecule has 2 rings (SSSR count). The van der Waals surface area contributed by atoms with Crippen LogP contribution < -0.4 is 20.2 Å². The number of anilines is 1. The highest BCUT2D eigenvalue weighted by Crippen LogP contribution is 2.35. The van der Waals surface area contributed by atoms with E-state index in [9.17, 15) is 9.59 Å². The van der Waals surface area contributed by atoms with Gasteiger partial charge in [-0.05, 0) is 48.9 Å². The molecule has 0 aromatic heterocycles. The van der Waals surface area contributed by atoms with Crippen LogP contribution >= 0.6 is 11.6 Å². The summed E-state index contributed by atoms with van der Waals surface area (Å²) in [6.07, 6.45) is 1.46. The summed E-state index contributed by atoms with van der Waals surface area (Å²) in [4.78, 5) is 23.1. The fourth-order valence-electron chi connectivity index (χ4n) is 2.26. The average molecular weight is 390 g/mol. The number of benzene rings is 2. The van der Waals surface area contributed by atoms with Crippen molar-refractivity contribution in [3.63, 3.8) is 0 Å². The van der Waals surface area contributed by atoms with Gasteiger partial charge in [0.05, 0.1) is 25.0 Å². The summed E-state index contributed by atoms with van der Waals surface area (Å²) in [5.41, 5.74) is 4.10. The third kappa shape index (κ3) is 5.72. The number of carbonyl (C=O) groups excluding carboxylic acids is 2. The predicted molar refractivity (Wildman–Crippen MR) is 105 cm³/mol. The molecule has 0 spiro atoms. The molecule has 0 atom stereocenters.